The quantitative estimate of drug-likeness (QED) is 0.768. The van der Waals surface area contributed by atoms with Crippen LogP contribution in [-0.4, -0.2) is 37.7 Å². The molecule has 1 fully saturated rings. The summed E-state index contributed by atoms with van der Waals surface area (Å²) in [5, 5.41) is 9.67. The van der Waals surface area contributed by atoms with Crippen LogP contribution >= 0.6 is 0 Å². The number of morpholine rings is 1. The summed E-state index contributed by atoms with van der Waals surface area (Å²) >= 11 is 0. The summed E-state index contributed by atoms with van der Waals surface area (Å²) in [5.74, 6) is -0.0533. The van der Waals surface area contributed by atoms with Gasteiger partial charge in [-0.05, 0) is 37.6 Å². The van der Waals surface area contributed by atoms with E-state index < -0.39 is 0 Å². The average molecular weight is 277 g/mol. The van der Waals surface area contributed by atoms with E-state index in [-0.39, 0.29) is 5.91 Å². The molecule has 5 nitrogen and oxygen atoms in total. The molecule has 1 aromatic carbocycles. The Balaban J connectivity index is 1.81. The Hall–Kier alpha value is -1.59. The Kier molecular flexibility index (Phi) is 5.38. The highest BCUT2D eigenvalue weighted by Gasteiger charge is 2.16. The van der Waals surface area contributed by atoms with Crippen LogP contribution in [0.15, 0.2) is 24.3 Å². The maximum absolute atomic E-state index is 11.0. The number of hydrogen-bond donors (Lipinski definition) is 3. The van der Waals surface area contributed by atoms with Crippen molar-refractivity contribution in [1.29, 1.82) is 0 Å². The fraction of sp³-hybridized carbons (Fsp3) is 0.533. The molecule has 0 spiro atoms. The third-order valence-corrected chi connectivity index (χ3v) is 3.25. The summed E-state index contributed by atoms with van der Waals surface area (Å²) in [5.41, 5.74) is 1.88. The van der Waals surface area contributed by atoms with Gasteiger partial charge in [-0.15, -0.1) is 0 Å². The number of amides is 1. The number of ether oxygens (including phenoxy) is 1. The van der Waals surface area contributed by atoms with E-state index in [2.05, 4.69) is 22.9 Å². The van der Waals surface area contributed by atoms with Crippen LogP contribution in [0.2, 0.25) is 0 Å². The molecular formula is C15H23N3O2. The van der Waals surface area contributed by atoms with Gasteiger partial charge in [-0.2, -0.15) is 0 Å². The van der Waals surface area contributed by atoms with Gasteiger partial charge < -0.3 is 20.7 Å². The average Bonchev–Trinajstić information content (AvgIpc) is 2.41. The summed E-state index contributed by atoms with van der Waals surface area (Å²) in [4.78, 5) is 11.0. The molecule has 1 aromatic rings. The Labute approximate surface area is 120 Å². The SMILES string of the molecule is CC(=O)Nc1ccc(NC(C)CC2COCCN2)cc1. The highest BCUT2D eigenvalue weighted by Crippen LogP contribution is 2.16. The van der Waals surface area contributed by atoms with Crippen LogP contribution < -0.4 is 16.0 Å². The first-order valence-electron chi connectivity index (χ1n) is 7.09. The van der Waals surface area contributed by atoms with Crippen molar-refractivity contribution >= 4 is 17.3 Å². The van der Waals surface area contributed by atoms with Crippen molar-refractivity contribution in [3.8, 4) is 0 Å². The van der Waals surface area contributed by atoms with Gasteiger partial charge in [0.25, 0.3) is 0 Å². The van der Waals surface area contributed by atoms with E-state index in [1.807, 2.05) is 24.3 Å². The van der Waals surface area contributed by atoms with Crippen LogP contribution in [0.25, 0.3) is 0 Å². The van der Waals surface area contributed by atoms with Crippen LogP contribution in [0.1, 0.15) is 20.3 Å². The molecule has 0 radical (unpaired) electrons. The molecule has 2 atom stereocenters. The van der Waals surface area contributed by atoms with E-state index in [1.165, 1.54) is 6.92 Å². The Morgan fingerprint density at radius 3 is 2.70 bits per heavy atom. The monoisotopic (exact) mass is 277 g/mol. The summed E-state index contributed by atoms with van der Waals surface area (Å²) in [7, 11) is 0. The zero-order chi connectivity index (χ0) is 14.4. The Bertz CT molecular complexity index is 427. The number of carbonyl (C=O) groups is 1. The zero-order valence-electron chi connectivity index (χ0n) is 12.1. The first-order valence-corrected chi connectivity index (χ1v) is 7.09. The lowest BCUT2D eigenvalue weighted by atomic mass is 10.1. The molecule has 1 saturated heterocycles. The molecule has 0 bridgehead atoms. The minimum Gasteiger partial charge on any atom is -0.383 e. The first kappa shape index (κ1) is 14.8. The van der Waals surface area contributed by atoms with E-state index in [0.717, 1.165) is 37.6 Å². The highest BCUT2D eigenvalue weighted by molar-refractivity contribution is 5.88. The van der Waals surface area contributed by atoms with E-state index in [9.17, 15) is 4.79 Å². The number of nitrogens with one attached hydrogen (secondary N) is 3. The van der Waals surface area contributed by atoms with Crippen molar-refractivity contribution in [1.82, 2.24) is 5.32 Å². The molecule has 0 saturated carbocycles. The Morgan fingerprint density at radius 1 is 1.40 bits per heavy atom. The van der Waals surface area contributed by atoms with Gasteiger partial charge in [-0.25, -0.2) is 0 Å². The zero-order valence-corrected chi connectivity index (χ0v) is 12.1. The predicted octanol–water partition coefficient (Wildman–Crippen LogP) is 1.82. The van der Waals surface area contributed by atoms with Crippen molar-refractivity contribution < 1.29 is 9.53 Å². The van der Waals surface area contributed by atoms with Gasteiger partial charge in [-0.1, -0.05) is 0 Å². The molecule has 1 aliphatic heterocycles. The third-order valence-electron chi connectivity index (χ3n) is 3.25. The molecule has 110 valence electrons. The van der Waals surface area contributed by atoms with E-state index in [1.54, 1.807) is 0 Å². The fourth-order valence-corrected chi connectivity index (χ4v) is 2.39. The molecule has 2 rings (SSSR count). The van der Waals surface area contributed by atoms with E-state index in [0.29, 0.717) is 12.1 Å². The summed E-state index contributed by atoms with van der Waals surface area (Å²) < 4.78 is 5.46. The van der Waals surface area contributed by atoms with Crippen molar-refractivity contribution in [2.45, 2.75) is 32.4 Å². The minimum atomic E-state index is -0.0533. The maximum atomic E-state index is 11.0. The second-order valence-corrected chi connectivity index (χ2v) is 5.27. The maximum Gasteiger partial charge on any atom is 0.221 e. The Morgan fingerprint density at radius 2 is 2.10 bits per heavy atom. The summed E-state index contributed by atoms with van der Waals surface area (Å²) in [6.07, 6.45) is 1.02. The van der Waals surface area contributed by atoms with E-state index >= 15 is 0 Å². The van der Waals surface area contributed by atoms with Crippen LogP contribution in [0.3, 0.4) is 0 Å². The molecule has 0 aromatic heterocycles. The molecular weight excluding hydrogens is 254 g/mol. The molecule has 0 aliphatic carbocycles. The predicted molar refractivity (Wildman–Crippen MR) is 81.1 cm³/mol. The molecule has 1 heterocycles. The van der Waals surface area contributed by atoms with Crippen LogP contribution in [0.5, 0.6) is 0 Å². The molecule has 1 amide bonds. The van der Waals surface area contributed by atoms with Crippen molar-refractivity contribution in [2.24, 2.45) is 0 Å². The van der Waals surface area contributed by atoms with E-state index in [4.69, 9.17) is 4.74 Å². The number of anilines is 2. The van der Waals surface area contributed by atoms with Gasteiger partial charge in [-0.3, -0.25) is 4.79 Å². The smallest absolute Gasteiger partial charge is 0.221 e. The fourth-order valence-electron chi connectivity index (χ4n) is 2.39. The lowest BCUT2D eigenvalue weighted by Gasteiger charge is -2.27. The number of carbonyl (C=O) groups excluding carboxylic acids is 1. The molecule has 20 heavy (non-hydrogen) atoms. The van der Waals surface area contributed by atoms with Crippen molar-refractivity contribution in [3.63, 3.8) is 0 Å². The van der Waals surface area contributed by atoms with Gasteiger partial charge in [0.15, 0.2) is 0 Å². The van der Waals surface area contributed by atoms with Gasteiger partial charge >= 0.3 is 0 Å². The van der Waals surface area contributed by atoms with Gasteiger partial charge in [0.1, 0.15) is 0 Å². The van der Waals surface area contributed by atoms with Crippen LogP contribution in [0, 0.1) is 0 Å². The topological polar surface area (TPSA) is 62.4 Å². The highest BCUT2D eigenvalue weighted by atomic mass is 16.5. The van der Waals surface area contributed by atoms with Crippen LogP contribution in [-0.2, 0) is 9.53 Å². The molecule has 3 N–H and O–H groups in total. The minimum absolute atomic E-state index is 0.0533. The second-order valence-electron chi connectivity index (χ2n) is 5.27. The third kappa shape index (κ3) is 4.83. The lowest BCUT2D eigenvalue weighted by Crippen LogP contribution is -2.43. The standard InChI is InChI=1S/C15H23N3O2/c1-11(9-15-10-20-8-7-16-15)17-13-3-5-14(6-4-13)18-12(2)19/h3-6,11,15-17H,7-10H2,1-2H3,(H,18,19). The summed E-state index contributed by atoms with van der Waals surface area (Å²) in [6.45, 7) is 6.20. The molecule has 2 unspecified atom stereocenters. The van der Waals surface area contributed by atoms with Crippen molar-refractivity contribution in [3.05, 3.63) is 24.3 Å². The number of hydrogen-bond acceptors (Lipinski definition) is 4. The normalized spacial score (nSPS) is 20.2. The summed E-state index contributed by atoms with van der Waals surface area (Å²) in [6, 6.07) is 8.54. The molecule has 5 heteroatoms. The lowest BCUT2D eigenvalue weighted by molar-refractivity contribution is -0.114. The number of rotatable bonds is 5. The number of benzene rings is 1. The van der Waals surface area contributed by atoms with Crippen LogP contribution in [0.4, 0.5) is 11.4 Å². The first-order chi connectivity index (χ1) is 9.63. The molecule has 1 aliphatic rings. The van der Waals surface area contributed by atoms with Gasteiger partial charge in [0, 0.05) is 36.9 Å². The largest absolute Gasteiger partial charge is 0.383 e. The van der Waals surface area contributed by atoms with Gasteiger partial charge in [0.05, 0.1) is 13.2 Å². The second kappa shape index (κ2) is 7.26. The van der Waals surface area contributed by atoms with Gasteiger partial charge in [0.2, 0.25) is 5.91 Å². The van der Waals surface area contributed by atoms with Crippen molar-refractivity contribution in [2.75, 3.05) is 30.4 Å².